The summed E-state index contributed by atoms with van der Waals surface area (Å²) in [4.78, 5) is 13.9. The van der Waals surface area contributed by atoms with Gasteiger partial charge in [0.2, 0.25) is 0 Å². The Labute approximate surface area is 176 Å². The van der Waals surface area contributed by atoms with Crippen LogP contribution in [0.1, 0.15) is 16.7 Å². The van der Waals surface area contributed by atoms with Gasteiger partial charge in [0.25, 0.3) is 0 Å². The van der Waals surface area contributed by atoms with E-state index in [0.29, 0.717) is 5.70 Å². The molecule has 0 amide bonds. The van der Waals surface area contributed by atoms with Crippen LogP contribution in [0.15, 0.2) is 84.7 Å². The number of ether oxygens (including phenoxy) is 2. The van der Waals surface area contributed by atoms with Crippen LogP contribution in [0.4, 0.5) is 5.69 Å². The Balaban J connectivity index is 2.00. The lowest BCUT2D eigenvalue weighted by molar-refractivity contribution is -0.105. The summed E-state index contributed by atoms with van der Waals surface area (Å²) < 4.78 is 11.1. The maximum atomic E-state index is 11.8. The van der Waals surface area contributed by atoms with Gasteiger partial charge in [-0.1, -0.05) is 48.0 Å². The van der Waals surface area contributed by atoms with Gasteiger partial charge in [-0.15, -0.1) is 0 Å². The summed E-state index contributed by atoms with van der Waals surface area (Å²) in [6, 6.07) is 23.9. The molecule has 1 aliphatic heterocycles. The fourth-order valence-electron chi connectivity index (χ4n) is 3.91. The van der Waals surface area contributed by atoms with E-state index in [1.807, 2.05) is 54.7 Å². The van der Waals surface area contributed by atoms with E-state index in [1.54, 1.807) is 14.2 Å². The average Bonchev–Trinajstić information content (AvgIpc) is 3.20. The highest BCUT2D eigenvalue weighted by atomic mass is 16.5. The van der Waals surface area contributed by atoms with E-state index in [1.165, 1.54) is 0 Å². The first-order valence-electron chi connectivity index (χ1n) is 9.71. The van der Waals surface area contributed by atoms with Gasteiger partial charge < -0.3 is 19.7 Å². The molecule has 0 spiro atoms. The van der Waals surface area contributed by atoms with E-state index in [-0.39, 0.29) is 0 Å². The SMILES string of the molecule is COc1ccc(C2(c3ccccc3OC)NC(C=O)=CN2c2ccc(C)cc2)cc1. The van der Waals surface area contributed by atoms with Gasteiger partial charge >= 0.3 is 0 Å². The molecular formula is C25H24N2O3. The zero-order chi connectivity index (χ0) is 21.1. The molecule has 0 fully saturated rings. The minimum absolute atomic E-state index is 0.484. The molecule has 30 heavy (non-hydrogen) atoms. The van der Waals surface area contributed by atoms with Crippen molar-refractivity contribution in [2.45, 2.75) is 12.6 Å². The Morgan fingerprint density at radius 3 is 2.23 bits per heavy atom. The summed E-state index contributed by atoms with van der Waals surface area (Å²) in [5, 5.41) is 3.46. The molecule has 1 unspecified atom stereocenters. The van der Waals surface area contributed by atoms with Gasteiger partial charge in [0.15, 0.2) is 11.9 Å². The van der Waals surface area contributed by atoms with Crippen molar-refractivity contribution < 1.29 is 14.3 Å². The van der Waals surface area contributed by atoms with Crippen molar-refractivity contribution in [2.75, 3.05) is 19.1 Å². The Morgan fingerprint density at radius 1 is 0.900 bits per heavy atom. The summed E-state index contributed by atoms with van der Waals surface area (Å²) in [5.41, 5.74) is 3.57. The van der Waals surface area contributed by atoms with Crippen LogP contribution in [0, 0.1) is 6.92 Å². The van der Waals surface area contributed by atoms with Crippen LogP contribution < -0.4 is 19.7 Å². The second kappa shape index (κ2) is 7.95. The van der Waals surface area contributed by atoms with E-state index in [4.69, 9.17) is 9.47 Å². The maximum absolute atomic E-state index is 11.8. The second-order valence-corrected chi connectivity index (χ2v) is 7.17. The molecule has 1 atom stereocenters. The molecule has 152 valence electrons. The number of nitrogens with one attached hydrogen (secondary N) is 1. The molecule has 0 bridgehead atoms. The molecular weight excluding hydrogens is 376 g/mol. The highest BCUT2D eigenvalue weighted by Crippen LogP contribution is 2.45. The van der Waals surface area contributed by atoms with Crippen molar-refractivity contribution in [3.63, 3.8) is 0 Å². The van der Waals surface area contributed by atoms with E-state index in [0.717, 1.165) is 40.2 Å². The van der Waals surface area contributed by atoms with Gasteiger partial charge in [-0.3, -0.25) is 4.79 Å². The first-order chi connectivity index (χ1) is 14.6. The lowest BCUT2D eigenvalue weighted by Crippen LogP contribution is -2.50. The molecule has 5 nitrogen and oxygen atoms in total. The molecule has 0 aliphatic carbocycles. The Hall–Kier alpha value is -3.73. The summed E-state index contributed by atoms with van der Waals surface area (Å²) in [6.45, 7) is 2.05. The number of aryl methyl sites for hydroxylation is 1. The van der Waals surface area contributed by atoms with E-state index in [9.17, 15) is 4.79 Å². The van der Waals surface area contributed by atoms with Crippen molar-refractivity contribution in [3.8, 4) is 11.5 Å². The molecule has 3 aromatic rings. The highest BCUT2D eigenvalue weighted by Gasteiger charge is 2.46. The first-order valence-corrected chi connectivity index (χ1v) is 9.71. The molecule has 1 heterocycles. The van der Waals surface area contributed by atoms with Crippen LogP contribution in [0.5, 0.6) is 11.5 Å². The number of para-hydroxylation sites is 1. The van der Waals surface area contributed by atoms with Gasteiger partial charge in [-0.25, -0.2) is 0 Å². The number of allylic oxidation sites excluding steroid dienone is 1. The van der Waals surface area contributed by atoms with E-state index in [2.05, 4.69) is 41.4 Å². The summed E-state index contributed by atoms with van der Waals surface area (Å²) in [5.74, 6) is 1.48. The Bertz CT molecular complexity index is 1070. The number of hydrogen-bond acceptors (Lipinski definition) is 5. The van der Waals surface area contributed by atoms with Gasteiger partial charge in [-0.2, -0.15) is 0 Å². The van der Waals surface area contributed by atoms with Gasteiger partial charge in [0.05, 0.1) is 19.9 Å². The fraction of sp³-hybridized carbons (Fsp3) is 0.160. The van der Waals surface area contributed by atoms with Crippen LogP contribution >= 0.6 is 0 Å². The minimum atomic E-state index is -0.871. The van der Waals surface area contributed by atoms with Crippen LogP contribution in [0.3, 0.4) is 0 Å². The standard InChI is InChI=1S/C25H24N2O3/c1-18-8-12-21(13-9-18)27-16-20(17-28)26-25(27,19-10-14-22(29-2)15-11-19)23-6-4-5-7-24(23)30-3/h4-17,26H,1-3H3. The number of carbonyl (C=O) groups is 1. The number of nitrogens with zero attached hydrogens (tertiary/aromatic N) is 1. The van der Waals surface area contributed by atoms with Crippen molar-refractivity contribution in [1.82, 2.24) is 5.32 Å². The molecule has 4 rings (SSSR count). The fourth-order valence-corrected chi connectivity index (χ4v) is 3.91. The number of aldehydes is 1. The van der Waals surface area contributed by atoms with E-state index < -0.39 is 5.66 Å². The van der Waals surface area contributed by atoms with Gasteiger partial charge in [-0.05, 0) is 37.3 Å². The number of benzene rings is 3. The monoisotopic (exact) mass is 400 g/mol. The molecule has 0 radical (unpaired) electrons. The molecule has 0 saturated heterocycles. The Kier molecular flexibility index (Phi) is 5.19. The van der Waals surface area contributed by atoms with Crippen molar-refractivity contribution in [3.05, 3.63) is 101 Å². The van der Waals surface area contributed by atoms with Gasteiger partial charge in [0.1, 0.15) is 11.5 Å². The molecule has 1 N–H and O–H groups in total. The molecule has 3 aromatic carbocycles. The molecule has 5 heteroatoms. The smallest absolute Gasteiger partial charge is 0.171 e. The summed E-state index contributed by atoms with van der Waals surface area (Å²) in [7, 11) is 3.29. The van der Waals surface area contributed by atoms with Gasteiger partial charge in [0, 0.05) is 23.0 Å². The topological polar surface area (TPSA) is 50.8 Å². The second-order valence-electron chi connectivity index (χ2n) is 7.17. The molecule has 0 aromatic heterocycles. The zero-order valence-electron chi connectivity index (χ0n) is 17.3. The number of methoxy groups -OCH3 is 2. The van der Waals surface area contributed by atoms with Crippen molar-refractivity contribution in [1.29, 1.82) is 0 Å². The largest absolute Gasteiger partial charge is 0.497 e. The highest BCUT2D eigenvalue weighted by molar-refractivity contribution is 5.78. The third-order valence-electron chi connectivity index (χ3n) is 5.40. The van der Waals surface area contributed by atoms with Crippen molar-refractivity contribution in [2.24, 2.45) is 0 Å². The van der Waals surface area contributed by atoms with Crippen LogP contribution in [-0.2, 0) is 10.5 Å². The zero-order valence-corrected chi connectivity index (χ0v) is 17.3. The predicted octanol–water partition coefficient (Wildman–Crippen LogP) is 4.36. The van der Waals surface area contributed by atoms with Crippen LogP contribution in [-0.4, -0.2) is 20.5 Å². The average molecular weight is 400 g/mol. The Morgan fingerprint density at radius 2 is 1.60 bits per heavy atom. The third kappa shape index (κ3) is 3.18. The predicted molar refractivity (Wildman–Crippen MR) is 118 cm³/mol. The lowest BCUT2D eigenvalue weighted by Gasteiger charge is -2.41. The van der Waals surface area contributed by atoms with E-state index >= 15 is 0 Å². The molecule has 1 aliphatic rings. The normalized spacial score (nSPS) is 17.8. The molecule has 0 saturated carbocycles. The number of anilines is 1. The van der Waals surface area contributed by atoms with Crippen LogP contribution in [0.2, 0.25) is 0 Å². The minimum Gasteiger partial charge on any atom is -0.497 e. The van der Waals surface area contributed by atoms with Crippen LogP contribution in [0.25, 0.3) is 0 Å². The third-order valence-corrected chi connectivity index (χ3v) is 5.40. The summed E-state index contributed by atoms with van der Waals surface area (Å²) >= 11 is 0. The summed E-state index contributed by atoms with van der Waals surface area (Å²) in [6.07, 6.45) is 2.68. The number of rotatable bonds is 6. The first kappa shape index (κ1) is 19.6. The van der Waals surface area contributed by atoms with Crippen molar-refractivity contribution >= 4 is 12.0 Å². The lowest BCUT2D eigenvalue weighted by atomic mass is 9.88. The quantitative estimate of drug-likeness (QED) is 0.623. The number of hydrogen-bond donors (Lipinski definition) is 1. The number of carbonyl (C=O) groups excluding carboxylic acids is 1. The maximum Gasteiger partial charge on any atom is 0.171 e.